The third-order valence-electron chi connectivity index (χ3n) is 7.13. The van der Waals surface area contributed by atoms with E-state index >= 15 is 0 Å². The van der Waals surface area contributed by atoms with Crippen LogP contribution in [-0.2, 0) is 10.0 Å². The first-order valence-corrected chi connectivity index (χ1v) is 13.3. The predicted octanol–water partition coefficient (Wildman–Crippen LogP) is 6.12. The van der Waals surface area contributed by atoms with E-state index in [1.165, 1.54) is 6.07 Å². The summed E-state index contributed by atoms with van der Waals surface area (Å²) in [4.78, 5) is 21.3. The molecule has 1 saturated carbocycles. The quantitative estimate of drug-likeness (QED) is 0.280. The van der Waals surface area contributed by atoms with Crippen molar-refractivity contribution >= 4 is 32.2 Å². The number of hydrogen-bond donors (Lipinski definition) is 0. The monoisotopic (exact) mass is 525 g/mol. The van der Waals surface area contributed by atoms with Crippen molar-refractivity contribution in [3.8, 4) is 11.5 Å². The summed E-state index contributed by atoms with van der Waals surface area (Å²) in [6.07, 6.45) is 5.70. The van der Waals surface area contributed by atoms with E-state index in [9.17, 15) is 28.6 Å². The van der Waals surface area contributed by atoms with E-state index in [1.54, 1.807) is 34.6 Å². The molecular formula is C26H27N3O7S. The van der Waals surface area contributed by atoms with Gasteiger partial charge in [0, 0.05) is 30.1 Å². The summed E-state index contributed by atoms with van der Waals surface area (Å²) in [5.41, 5.74) is -1.02. The molecule has 2 radical (unpaired) electrons. The molecular weight excluding hydrogens is 498 g/mol. The van der Waals surface area contributed by atoms with E-state index in [-0.39, 0.29) is 29.9 Å². The van der Waals surface area contributed by atoms with Gasteiger partial charge >= 0.3 is 5.69 Å². The van der Waals surface area contributed by atoms with Crippen molar-refractivity contribution < 1.29 is 23.0 Å². The molecule has 3 aromatic rings. The maximum atomic E-state index is 13.9. The van der Waals surface area contributed by atoms with Crippen molar-refractivity contribution in [3.63, 3.8) is 0 Å². The summed E-state index contributed by atoms with van der Waals surface area (Å²) >= 11 is 0. The van der Waals surface area contributed by atoms with Crippen LogP contribution in [0.5, 0.6) is 11.5 Å². The Morgan fingerprint density at radius 1 is 0.892 bits per heavy atom. The minimum Gasteiger partial charge on any atom is -0.449 e. The summed E-state index contributed by atoms with van der Waals surface area (Å²) in [6.45, 7) is 0.459. The number of non-ortho nitro benzene ring substituents is 1. The highest BCUT2D eigenvalue weighted by Crippen LogP contribution is 2.41. The number of ether oxygens (including phenoxy) is 1. The van der Waals surface area contributed by atoms with Crippen molar-refractivity contribution in [2.24, 2.45) is 5.92 Å². The fourth-order valence-corrected chi connectivity index (χ4v) is 7.16. The minimum atomic E-state index is -3.86. The van der Waals surface area contributed by atoms with Gasteiger partial charge in [0.1, 0.15) is 5.75 Å². The van der Waals surface area contributed by atoms with E-state index in [1.807, 2.05) is 0 Å². The van der Waals surface area contributed by atoms with Gasteiger partial charge in [0.2, 0.25) is 15.8 Å². The number of fused-ring (bicyclic) bond motifs is 3. The van der Waals surface area contributed by atoms with Gasteiger partial charge in [-0.15, -0.1) is 0 Å². The van der Waals surface area contributed by atoms with Crippen LogP contribution >= 0.6 is 0 Å². The zero-order valence-corrected chi connectivity index (χ0v) is 20.9. The second-order valence-corrected chi connectivity index (χ2v) is 11.2. The highest BCUT2D eigenvalue weighted by Gasteiger charge is 2.37. The van der Waals surface area contributed by atoms with Crippen molar-refractivity contribution in [2.75, 3.05) is 6.54 Å². The number of nitrogens with zero attached hydrogens (tertiary/aromatic N) is 3. The van der Waals surface area contributed by atoms with Crippen LogP contribution in [0.25, 0.3) is 10.8 Å². The maximum absolute atomic E-state index is 13.9. The lowest BCUT2D eigenvalue weighted by atomic mass is 9.84. The Hall–Kier alpha value is -3.57. The summed E-state index contributed by atoms with van der Waals surface area (Å²) in [5, 5.41) is 23.9. The van der Waals surface area contributed by atoms with E-state index in [0.29, 0.717) is 23.2 Å². The SMILES string of the molecule is O=[N+]([O-])c1ccc(Oc2cc(S(=O)(=O)N3CCCC4CCCC3C4)cc3ccccc23)c([N+](=O)[O-])c1.[CH2]. The average Bonchev–Trinajstić information content (AvgIpc) is 3.01. The molecule has 1 heterocycles. The standard InChI is InChI=1S/C25H25N3O7S.CH2/c29-27(30)20-10-11-24(23(15-20)28(31)32)35-25-16-21(14-18-7-1-2-9-22(18)25)36(33,34)26-12-4-6-17-5-3-8-19(26)13-17;/h1-2,7,9-11,14-17,19H,3-6,8,12-13H2;1H2. The van der Waals surface area contributed by atoms with Gasteiger partial charge in [-0.3, -0.25) is 20.2 Å². The van der Waals surface area contributed by atoms with Crippen LogP contribution in [-0.4, -0.2) is 35.2 Å². The van der Waals surface area contributed by atoms with E-state index in [4.69, 9.17) is 4.74 Å². The molecule has 194 valence electrons. The molecule has 0 spiro atoms. The second-order valence-electron chi connectivity index (χ2n) is 9.36. The second kappa shape index (κ2) is 10.4. The molecule has 11 heteroatoms. The topological polar surface area (TPSA) is 133 Å². The Morgan fingerprint density at radius 2 is 1.65 bits per heavy atom. The molecule has 1 saturated heterocycles. The summed E-state index contributed by atoms with van der Waals surface area (Å²) in [7, 11) is -3.86. The van der Waals surface area contributed by atoms with Gasteiger partial charge in [-0.2, -0.15) is 4.31 Å². The fraction of sp³-hybridized carbons (Fsp3) is 0.346. The maximum Gasteiger partial charge on any atom is 0.318 e. The van der Waals surface area contributed by atoms with Crippen LogP contribution in [0.4, 0.5) is 11.4 Å². The molecule has 2 bridgehead atoms. The van der Waals surface area contributed by atoms with Gasteiger partial charge < -0.3 is 4.74 Å². The Labute approximate surface area is 215 Å². The average molecular weight is 526 g/mol. The molecule has 0 amide bonds. The fourth-order valence-electron chi connectivity index (χ4n) is 5.41. The van der Waals surface area contributed by atoms with E-state index < -0.39 is 31.2 Å². The van der Waals surface area contributed by atoms with E-state index in [0.717, 1.165) is 56.7 Å². The third kappa shape index (κ3) is 5.14. The van der Waals surface area contributed by atoms with Gasteiger partial charge in [0.15, 0.2) is 0 Å². The molecule has 37 heavy (non-hydrogen) atoms. The lowest BCUT2D eigenvalue weighted by molar-refractivity contribution is -0.394. The van der Waals surface area contributed by atoms with Crippen molar-refractivity contribution in [2.45, 2.75) is 49.5 Å². The smallest absolute Gasteiger partial charge is 0.318 e. The van der Waals surface area contributed by atoms with Crippen molar-refractivity contribution in [1.29, 1.82) is 0 Å². The predicted molar refractivity (Wildman–Crippen MR) is 138 cm³/mol. The van der Waals surface area contributed by atoms with Crippen LogP contribution in [0.1, 0.15) is 38.5 Å². The van der Waals surface area contributed by atoms with Gasteiger partial charge in [-0.05, 0) is 49.1 Å². The van der Waals surface area contributed by atoms with Crippen molar-refractivity contribution in [1.82, 2.24) is 4.31 Å². The molecule has 0 N–H and O–H groups in total. The van der Waals surface area contributed by atoms with Gasteiger partial charge in [-0.1, -0.05) is 44.5 Å². The molecule has 1 aliphatic carbocycles. The highest BCUT2D eigenvalue weighted by atomic mass is 32.2. The first-order chi connectivity index (χ1) is 17.2. The molecule has 2 atom stereocenters. The lowest BCUT2D eigenvalue weighted by Crippen LogP contribution is -2.41. The largest absolute Gasteiger partial charge is 0.449 e. The number of sulfonamides is 1. The van der Waals surface area contributed by atoms with Gasteiger partial charge in [0.05, 0.1) is 20.8 Å². The van der Waals surface area contributed by atoms with Crippen LogP contribution < -0.4 is 4.74 Å². The van der Waals surface area contributed by atoms with Crippen LogP contribution in [0.2, 0.25) is 0 Å². The summed E-state index contributed by atoms with van der Waals surface area (Å²) in [5.74, 6) is 0.470. The number of hydrogen-bond acceptors (Lipinski definition) is 7. The zero-order valence-electron chi connectivity index (χ0n) is 20.1. The Morgan fingerprint density at radius 3 is 2.41 bits per heavy atom. The molecule has 0 aromatic heterocycles. The molecule has 10 nitrogen and oxygen atoms in total. The molecule has 2 fully saturated rings. The number of nitro groups is 2. The van der Waals surface area contributed by atoms with Gasteiger partial charge in [-0.25, -0.2) is 8.42 Å². The first kappa shape index (κ1) is 26.5. The van der Waals surface area contributed by atoms with Crippen LogP contribution in [0.15, 0.2) is 59.5 Å². The number of nitro benzene ring substituents is 2. The van der Waals surface area contributed by atoms with Crippen molar-refractivity contribution in [3.05, 3.63) is 82.3 Å². The molecule has 1 aliphatic heterocycles. The van der Waals surface area contributed by atoms with E-state index in [2.05, 4.69) is 0 Å². The van der Waals surface area contributed by atoms with Crippen LogP contribution in [0.3, 0.4) is 0 Å². The highest BCUT2D eigenvalue weighted by molar-refractivity contribution is 7.89. The Balaban J connectivity index is 0.00000320. The number of rotatable bonds is 6. The third-order valence-corrected chi connectivity index (χ3v) is 9.06. The lowest BCUT2D eigenvalue weighted by Gasteiger charge is -2.33. The number of benzene rings is 3. The minimum absolute atomic E-state index is 0. The molecule has 2 aliphatic rings. The Kier molecular flexibility index (Phi) is 7.47. The molecule has 2 unspecified atom stereocenters. The first-order valence-electron chi connectivity index (χ1n) is 11.9. The summed E-state index contributed by atoms with van der Waals surface area (Å²) < 4.78 is 35.3. The normalized spacial score (nSPS) is 20.0. The van der Waals surface area contributed by atoms with Crippen LogP contribution in [0, 0.1) is 33.6 Å². The molecule has 3 aromatic carbocycles. The Bertz CT molecular complexity index is 1460. The molecule has 5 rings (SSSR count). The zero-order chi connectivity index (χ0) is 25.4. The van der Waals surface area contributed by atoms with Gasteiger partial charge in [0.25, 0.3) is 5.69 Å². The summed E-state index contributed by atoms with van der Waals surface area (Å²) in [6, 6.07) is 13.1.